The highest BCUT2D eigenvalue weighted by molar-refractivity contribution is 5.63. The predicted molar refractivity (Wildman–Crippen MR) is 35.7 cm³/mol. The highest BCUT2D eigenvalue weighted by atomic mass is 16.8. The van der Waals surface area contributed by atoms with E-state index in [2.05, 4.69) is 0 Å². The minimum Gasteiger partial charge on any atom is -0.427 e. The fourth-order valence-corrected chi connectivity index (χ4v) is 0.926. The molecule has 1 saturated heterocycles. The second kappa shape index (κ2) is 2.15. The van der Waals surface area contributed by atoms with E-state index in [1.807, 2.05) is 20.8 Å². The highest BCUT2D eigenvalue weighted by Crippen LogP contribution is 2.29. The zero-order valence-corrected chi connectivity index (χ0v) is 6.51. The van der Waals surface area contributed by atoms with E-state index in [1.54, 1.807) is 0 Å². The summed E-state index contributed by atoms with van der Waals surface area (Å²) in [6.45, 7) is 5.69. The molecule has 58 valence electrons. The molecular formula is C7H12O3. The maximum Gasteiger partial charge on any atom is 0.509 e. The van der Waals surface area contributed by atoms with E-state index in [9.17, 15) is 4.79 Å². The van der Waals surface area contributed by atoms with Crippen LogP contribution in [-0.2, 0) is 9.47 Å². The van der Waals surface area contributed by atoms with Crippen LogP contribution in [0.5, 0.6) is 0 Å². The van der Waals surface area contributed by atoms with Crippen molar-refractivity contribution in [2.45, 2.75) is 38.9 Å². The molecule has 0 aromatic carbocycles. The summed E-state index contributed by atoms with van der Waals surface area (Å²) in [5.74, 6) is 0. The van der Waals surface area contributed by atoms with Gasteiger partial charge in [-0.3, -0.25) is 0 Å². The minimum absolute atomic E-state index is 0.120. The van der Waals surface area contributed by atoms with Crippen molar-refractivity contribution in [3.05, 3.63) is 0 Å². The van der Waals surface area contributed by atoms with Gasteiger partial charge in [0.25, 0.3) is 0 Å². The Labute approximate surface area is 60.3 Å². The molecule has 0 spiro atoms. The Hall–Kier alpha value is -0.730. The first-order chi connectivity index (χ1) is 4.58. The number of hydrogen-bond acceptors (Lipinski definition) is 3. The van der Waals surface area contributed by atoms with Crippen LogP contribution < -0.4 is 0 Å². The van der Waals surface area contributed by atoms with Crippen molar-refractivity contribution >= 4 is 6.16 Å². The molecule has 3 heteroatoms. The van der Waals surface area contributed by atoms with Crippen molar-refractivity contribution in [1.29, 1.82) is 0 Å². The zero-order valence-electron chi connectivity index (χ0n) is 6.51. The number of ether oxygens (including phenoxy) is 2. The van der Waals surface area contributed by atoms with Gasteiger partial charge in [-0.2, -0.15) is 0 Å². The van der Waals surface area contributed by atoms with Gasteiger partial charge in [0.15, 0.2) is 0 Å². The van der Waals surface area contributed by atoms with E-state index in [-0.39, 0.29) is 6.10 Å². The highest BCUT2D eigenvalue weighted by Gasteiger charge is 2.43. The molecule has 1 fully saturated rings. The molecule has 1 rings (SSSR count). The van der Waals surface area contributed by atoms with Gasteiger partial charge < -0.3 is 9.47 Å². The van der Waals surface area contributed by atoms with Crippen molar-refractivity contribution in [1.82, 2.24) is 0 Å². The van der Waals surface area contributed by atoms with E-state index in [0.29, 0.717) is 0 Å². The molecule has 0 saturated carbocycles. The summed E-state index contributed by atoms with van der Waals surface area (Å²) in [6, 6.07) is 0. The Balaban J connectivity index is 2.70. The van der Waals surface area contributed by atoms with Crippen LogP contribution in [0, 0.1) is 0 Å². The van der Waals surface area contributed by atoms with Gasteiger partial charge >= 0.3 is 6.16 Å². The number of rotatable bonds is 1. The van der Waals surface area contributed by atoms with Crippen LogP contribution in [0.25, 0.3) is 0 Å². The quantitative estimate of drug-likeness (QED) is 0.525. The number of carbonyl (C=O) groups is 1. The van der Waals surface area contributed by atoms with Crippen LogP contribution in [0.3, 0.4) is 0 Å². The summed E-state index contributed by atoms with van der Waals surface area (Å²) in [6.07, 6.45) is 0.127. The Morgan fingerprint density at radius 3 is 2.50 bits per heavy atom. The molecule has 0 aliphatic carbocycles. The molecule has 0 bridgehead atoms. The van der Waals surface area contributed by atoms with E-state index in [0.717, 1.165) is 6.42 Å². The molecule has 0 aromatic rings. The normalized spacial score (nSPS) is 39.1. The first-order valence-corrected chi connectivity index (χ1v) is 3.48. The Morgan fingerprint density at radius 2 is 2.30 bits per heavy atom. The maximum absolute atomic E-state index is 10.6. The fourth-order valence-electron chi connectivity index (χ4n) is 0.926. The monoisotopic (exact) mass is 144 g/mol. The summed E-state index contributed by atoms with van der Waals surface area (Å²) in [5.41, 5.74) is -0.406. The molecule has 10 heavy (non-hydrogen) atoms. The largest absolute Gasteiger partial charge is 0.509 e. The lowest BCUT2D eigenvalue weighted by Crippen LogP contribution is -2.33. The Kier molecular flexibility index (Phi) is 1.58. The number of hydrogen-bond donors (Lipinski definition) is 0. The second-order valence-electron chi connectivity index (χ2n) is 2.78. The first-order valence-electron chi connectivity index (χ1n) is 3.48. The topological polar surface area (TPSA) is 35.5 Å². The van der Waals surface area contributed by atoms with Crippen LogP contribution in [-0.4, -0.2) is 17.9 Å². The van der Waals surface area contributed by atoms with Crippen LogP contribution >= 0.6 is 0 Å². The lowest BCUT2D eigenvalue weighted by Gasteiger charge is -2.21. The SMILES string of the molecule is CCC1(C)OC(=O)OC1C. The van der Waals surface area contributed by atoms with Crippen LogP contribution in [0.2, 0.25) is 0 Å². The lowest BCUT2D eigenvalue weighted by molar-refractivity contribution is 0.0490. The molecule has 0 amide bonds. The van der Waals surface area contributed by atoms with Crippen molar-refractivity contribution in [3.8, 4) is 0 Å². The van der Waals surface area contributed by atoms with Gasteiger partial charge in [-0.1, -0.05) is 6.92 Å². The molecule has 0 radical (unpaired) electrons. The maximum atomic E-state index is 10.6. The summed E-state index contributed by atoms with van der Waals surface area (Å²) in [7, 11) is 0. The van der Waals surface area contributed by atoms with Gasteiger partial charge in [-0.05, 0) is 20.3 Å². The number of carbonyl (C=O) groups excluding carboxylic acids is 1. The summed E-state index contributed by atoms with van der Waals surface area (Å²) in [5, 5.41) is 0. The predicted octanol–water partition coefficient (Wildman–Crippen LogP) is 1.71. The summed E-state index contributed by atoms with van der Waals surface area (Å²) < 4.78 is 9.76. The van der Waals surface area contributed by atoms with Gasteiger partial charge in [0.05, 0.1) is 0 Å². The molecule has 1 aliphatic heterocycles. The average molecular weight is 144 g/mol. The van der Waals surface area contributed by atoms with Crippen molar-refractivity contribution in [2.75, 3.05) is 0 Å². The third-order valence-electron chi connectivity index (χ3n) is 2.15. The molecule has 2 unspecified atom stereocenters. The Morgan fingerprint density at radius 1 is 1.70 bits per heavy atom. The lowest BCUT2D eigenvalue weighted by atomic mass is 9.98. The second-order valence-corrected chi connectivity index (χ2v) is 2.78. The van der Waals surface area contributed by atoms with Gasteiger partial charge in [-0.15, -0.1) is 0 Å². The smallest absolute Gasteiger partial charge is 0.427 e. The summed E-state index contributed by atoms with van der Waals surface area (Å²) in [4.78, 5) is 10.6. The van der Waals surface area contributed by atoms with E-state index in [1.165, 1.54) is 0 Å². The van der Waals surface area contributed by atoms with Crippen molar-refractivity contribution in [2.24, 2.45) is 0 Å². The third kappa shape index (κ3) is 0.958. The zero-order chi connectivity index (χ0) is 7.78. The van der Waals surface area contributed by atoms with Crippen molar-refractivity contribution < 1.29 is 14.3 Å². The molecule has 1 heterocycles. The molecular weight excluding hydrogens is 132 g/mol. The number of cyclic esters (lactones) is 2. The van der Waals surface area contributed by atoms with E-state index in [4.69, 9.17) is 9.47 Å². The van der Waals surface area contributed by atoms with Gasteiger partial charge in [0, 0.05) is 0 Å². The van der Waals surface area contributed by atoms with Crippen molar-refractivity contribution in [3.63, 3.8) is 0 Å². The summed E-state index contributed by atoms with van der Waals surface area (Å²) >= 11 is 0. The molecule has 1 aliphatic rings. The van der Waals surface area contributed by atoms with Gasteiger partial charge in [-0.25, -0.2) is 4.79 Å². The molecule has 0 aromatic heterocycles. The van der Waals surface area contributed by atoms with Crippen LogP contribution in [0.4, 0.5) is 4.79 Å². The van der Waals surface area contributed by atoms with Gasteiger partial charge in [0.1, 0.15) is 11.7 Å². The van der Waals surface area contributed by atoms with E-state index >= 15 is 0 Å². The van der Waals surface area contributed by atoms with Crippen LogP contribution in [0.15, 0.2) is 0 Å². The Bertz CT molecular complexity index is 155. The fraction of sp³-hybridized carbons (Fsp3) is 0.857. The minimum atomic E-state index is -0.545. The van der Waals surface area contributed by atoms with E-state index < -0.39 is 11.8 Å². The molecule has 2 atom stereocenters. The first kappa shape index (κ1) is 7.38. The standard InChI is InChI=1S/C7H12O3/c1-4-7(3)5(2)9-6(8)10-7/h5H,4H2,1-3H3. The molecule has 0 N–H and O–H groups in total. The third-order valence-corrected chi connectivity index (χ3v) is 2.15. The average Bonchev–Trinajstić information content (AvgIpc) is 2.09. The molecule has 3 nitrogen and oxygen atoms in total. The van der Waals surface area contributed by atoms with Gasteiger partial charge in [0.2, 0.25) is 0 Å². The van der Waals surface area contributed by atoms with Crippen LogP contribution in [0.1, 0.15) is 27.2 Å².